The number of hydrogen-bond acceptors (Lipinski definition) is 5. The molecule has 1 aromatic carbocycles. The van der Waals surface area contributed by atoms with Crippen LogP contribution in [0.5, 0.6) is 11.5 Å². The SMILES string of the molecule is CCCCOc1ccc(C(=O)N2CCC(OCCCN)CC2)cc1OC. The topological polar surface area (TPSA) is 74.0 Å². The standard InChI is InChI=1S/C20H32N2O4/c1-3-4-13-26-18-7-6-16(15-19(18)24-2)20(23)22-11-8-17(9-12-22)25-14-5-10-21/h6-7,15,17H,3-5,8-14,21H2,1-2H3. The second kappa shape index (κ2) is 11.0. The molecule has 1 aromatic rings. The van der Waals surface area contributed by atoms with Crippen LogP contribution in [0, 0.1) is 0 Å². The van der Waals surface area contributed by atoms with E-state index in [1.165, 1.54) is 0 Å². The first kappa shape index (κ1) is 20.5. The van der Waals surface area contributed by atoms with Gasteiger partial charge in [0, 0.05) is 25.3 Å². The number of carbonyl (C=O) groups excluding carboxylic acids is 1. The fraction of sp³-hybridized carbons (Fsp3) is 0.650. The Bertz CT molecular complexity index is 557. The Kier molecular flexibility index (Phi) is 8.71. The molecule has 0 atom stereocenters. The van der Waals surface area contributed by atoms with Gasteiger partial charge in [0.15, 0.2) is 11.5 Å². The van der Waals surface area contributed by atoms with Crippen molar-refractivity contribution in [2.45, 2.75) is 45.1 Å². The van der Waals surface area contributed by atoms with Crippen molar-refractivity contribution in [3.63, 3.8) is 0 Å². The predicted molar refractivity (Wildman–Crippen MR) is 102 cm³/mol. The summed E-state index contributed by atoms with van der Waals surface area (Å²) in [5, 5.41) is 0. The summed E-state index contributed by atoms with van der Waals surface area (Å²) in [6, 6.07) is 5.41. The van der Waals surface area contributed by atoms with Crippen molar-refractivity contribution in [1.29, 1.82) is 0 Å². The van der Waals surface area contributed by atoms with E-state index < -0.39 is 0 Å². The first-order valence-corrected chi connectivity index (χ1v) is 9.61. The molecule has 26 heavy (non-hydrogen) atoms. The van der Waals surface area contributed by atoms with Crippen LogP contribution in [0.4, 0.5) is 0 Å². The molecule has 0 unspecified atom stereocenters. The number of piperidine rings is 1. The van der Waals surface area contributed by atoms with Gasteiger partial charge in [-0.15, -0.1) is 0 Å². The summed E-state index contributed by atoms with van der Waals surface area (Å²) in [6.45, 7) is 5.54. The van der Waals surface area contributed by atoms with E-state index >= 15 is 0 Å². The van der Waals surface area contributed by atoms with Crippen molar-refractivity contribution in [3.8, 4) is 11.5 Å². The van der Waals surface area contributed by atoms with E-state index in [0.29, 0.717) is 49.9 Å². The Morgan fingerprint density at radius 3 is 2.62 bits per heavy atom. The van der Waals surface area contributed by atoms with Gasteiger partial charge < -0.3 is 24.8 Å². The van der Waals surface area contributed by atoms with Gasteiger partial charge in [0.05, 0.1) is 19.8 Å². The molecule has 6 heteroatoms. The van der Waals surface area contributed by atoms with Crippen LogP contribution < -0.4 is 15.2 Å². The fourth-order valence-electron chi connectivity index (χ4n) is 2.99. The van der Waals surface area contributed by atoms with Crippen LogP contribution in [0.3, 0.4) is 0 Å². The molecular formula is C20H32N2O4. The second-order valence-corrected chi connectivity index (χ2v) is 6.57. The predicted octanol–water partition coefficient (Wildman–Crippen LogP) is 2.84. The average molecular weight is 364 g/mol. The molecule has 0 aromatic heterocycles. The summed E-state index contributed by atoms with van der Waals surface area (Å²) in [5.74, 6) is 1.32. The van der Waals surface area contributed by atoms with Gasteiger partial charge in [-0.25, -0.2) is 0 Å². The van der Waals surface area contributed by atoms with E-state index in [9.17, 15) is 4.79 Å². The molecule has 1 aliphatic heterocycles. The Hall–Kier alpha value is -1.79. The van der Waals surface area contributed by atoms with Crippen LogP contribution in [0.2, 0.25) is 0 Å². The minimum atomic E-state index is 0.0313. The lowest BCUT2D eigenvalue weighted by atomic mass is 10.1. The molecule has 1 amide bonds. The number of hydrogen-bond donors (Lipinski definition) is 1. The highest BCUT2D eigenvalue weighted by Crippen LogP contribution is 2.29. The van der Waals surface area contributed by atoms with E-state index in [0.717, 1.165) is 32.1 Å². The average Bonchev–Trinajstić information content (AvgIpc) is 2.68. The van der Waals surface area contributed by atoms with Crippen LogP contribution in [0.25, 0.3) is 0 Å². The van der Waals surface area contributed by atoms with Crippen LogP contribution in [-0.2, 0) is 4.74 Å². The second-order valence-electron chi connectivity index (χ2n) is 6.57. The van der Waals surface area contributed by atoms with Crippen molar-refractivity contribution in [2.24, 2.45) is 5.73 Å². The van der Waals surface area contributed by atoms with E-state index in [-0.39, 0.29) is 12.0 Å². The quantitative estimate of drug-likeness (QED) is 0.646. The largest absolute Gasteiger partial charge is 0.493 e. The molecule has 0 spiro atoms. The first-order valence-electron chi connectivity index (χ1n) is 9.61. The highest BCUT2D eigenvalue weighted by molar-refractivity contribution is 5.95. The molecule has 1 saturated heterocycles. The van der Waals surface area contributed by atoms with Crippen LogP contribution in [-0.4, -0.2) is 56.9 Å². The number of nitrogens with two attached hydrogens (primary N) is 1. The molecular weight excluding hydrogens is 332 g/mol. The smallest absolute Gasteiger partial charge is 0.253 e. The molecule has 0 saturated carbocycles. The van der Waals surface area contributed by atoms with Gasteiger partial charge in [-0.1, -0.05) is 13.3 Å². The lowest BCUT2D eigenvalue weighted by Gasteiger charge is -2.32. The molecule has 0 radical (unpaired) electrons. The van der Waals surface area contributed by atoms with E-state index in [1.807, 2.05) is 17.0 Å². The number of unbranched alkanes of at least 4 members (excludes halogenated alkanes) is 1. The molecule has 0 bridgehead atoms. The van der Waals surface area contributed by atoms with Gasteiger partial charge in [-0.2, -0.15) is 0 Å². The lowest BCUT2D eigenvalue weighted by molar-refractivity contribution is 0.00844. The summed E-state index contributed by atoms with van der Waals surface area (Å²) in [5.41, 5.74) is 6.12. The number of benzene rings is 1. The van der Waals surface area contributed by atoms with Gasteiger partial charge >= 0.3 is 0 Å². The minimum absolute atomic E-state index is 0.0313. The highest BCUT2D eigenvalue weighted by Gasteiger charge is 2.24. The van der Waals surface area contributed by atoms with Crippen LogP contribution in [0.15, 0.2) is 18.2 Å². The first-order chi connectivity index (χ1) is 12.7. The third-order valence-electron chi connectivity index (χ3n) is 4.60. The third-order valence-corrected chi connectivity index (χ3v) is 4.60. The monoisotopic (exact) mass is 364 g/mol. The molecule has 1 fully saturated rings. The zero-order valence-corrected chi connectivity index (χ0v) is 16.0. The van der Waals surface area contributed by atoms with E-state index in [4.69, 9.17) is 19.9 Å². The van der Waals surface area contributed by atoms with Crippen LogP contribution >= 0.6 is 0 Å². The van der Waals surface area contributed by atoms with Gasteiger partial charge in [-0.05, 0) is 50.4 Å². The molecule has 2 N–H and O–H groups in total. The Morgan fingerprint density at radius 2 is 1.96 bits per heavy atom. The molecule has 1 heterocycles. The molecule has 2 rings (SSSR count). The lowest BCUT2D eigenvalue weighted by Crippen LogP contribution is -2.41. The van der Waals surface area contributed by atoms with E-state index in [2.05, 4.69) is 6.92 Å². The van der Waals surface area contributed by atoms with Gasteiger partial charge in [0.2, 0.25) is 0 Å². The fourth-order valence-corrected chi connectivity index (χ4v) is 2.99. The number of amides is 1. The highest BCUT2D eigenvalue weighted by atomic mass is 16.5. The van der Waals surface area contributed by atoms with Gasteiger partial charge in [0.25, 0.3) is 5.91 Å². The summed E-state index contributed by atoms with van der Waals surface area (Å²) >= 11 is 0. The van der Waals surface area contributed by atoms with Crippen molar-refractivity contribution in [1.82, 2.24) is 4.90 Å². The maximum absolute atomic E-state index is 12.8. The number of methoxy groups -OCH3 is 1. The van der Waals surface area contributed by atoms with E-state index in [1.54, 1.807) is 13.2 Å². The molecule has 6 nitrogen and oxygen atoms in total. The number of rotatable bonds is 10. The van der Waals surface area contributed by atoms with Crippen molar-refractivity contribution < 1.29 is 19.0 Å². The zero-order valence-electron chi connectivity index (χ0n) is 16.0. The van der Waals surface area contributed by atoms with Crippen LogP contribution in [0.1, 0.15) is 49.4 Å². The number of ether oxygens (including phenoxy) is 3. The summed E-state index contributed by atoms with van der Waals surface area (Å²) in [4.78, 5) is 14.7. The summed E-state index contributed by atoms with van der Waals surface area (Å²) < 4.78 is 16.9. The molecule has 1 aliphatic rings. The van der Waals surface area contributed by atoms with Gasteiger partial charge in [-0.3, -0.25) is 4.79 Å². The van der Waals surface area contributed by atoms with Gasteiger partial charge in [0.1, 0.15) is 0 Å². The zero-order chi connectivity index (χ0) is 18.8. The summed E-state index contributed by atoms with van der Waals surface area (Å²) in [6.07, 6.45) is 4.91. The number of likely N-dealkylation sites (tertiary alicyclic amines) is 1. The maximum Gasteiger partial charge on any atom is 0.253 e. The number of nitrogens with zero attached hydrogens (tertiary/aromatic N) is 1. The van der Waals surface area contributed by atoms with Crippen molar-refractivity contribution in [3.05, 3.63) is 23.8 Å². The normalized spacial score (nSPS) is 15.1. The Balaban J connectivity index is 1.91. The maximum atomic E-state index is 12.8. The summed E-state index contributed by atoms with van der Waals surface area (Å²) in [7, 11) is 1.60. The minimum Gasteiger partial charge on any atom is -0.493 e. The third kappa shape index (κ3) is 5.88. The Morgan fingerprint density at radius 1 is 1.19 bits per heavy atom. The number of carbonyl (C=O) groups is 1. The Labute approximate surface area is 156 Å². The molecule has 146 valence electrons. The van der Waals surface area contributed by atoms with Crippen molar-refractivity contribution >= 4 is 5.91 Å². The van der Waals surface area contributed by atoms with Crippen molar-refractivity contribution in [2.75, 3.05) is 40.0 Å². The molecule has 0 aliphatic carbocycles.